The first kappa shape index (κ1) is 30.5. The molecule has 0 amide bonds. The maximum atomic E-state index is 7.79. The third-order valence-electron chi connectivity index (χ3n) is 1.16. The van der Waals surface area contributed by atoms with E-state index >= 15 is 0 Å². The summed E-state index contributed by atoms with van der Waals surface area (Å²) in [4.78, 5) is 0. The van der Waals surface area contributed by atoms with Crippen LogP contribution < -0.4 is 11.5 Å². The minimum atomic E-state index is -3.00. The average Bonchev–Trinajstić information content (AvgIpc) is 1.95. The van der Waals surface area contributed by atoms with Crippen LogP contribution in [0.25, 0.3) is 0 Å². The molecule has 0 aliphatic carbocycles. The monoisotopic (exact) mass is 306 g/mol. The van der Waals surface area contributed by atoms with Gasteiger partial charge in [-0.15, -0.1) is 0 Å². The molecule has 6 nitrogen and oxygen atoms in total. The Kier molecular flexibility index (Phi) is 41.6. The summed E-state index contributed by atoms with van der Waals surface area (Å²) in [6.07, 6.45) is 4.79. The predicted octanol–water partition coefficient (Wildman–Crippen LogP) is -1.82. The van der Waals surface area contributed by atoms with Crippen LogP contribution in [-0.4, -0.2) is 62.7 Å². The fourth-order valence-electron chi connectivity index (χ4n) is 0.642. The number of hydrogen-bond acceptors (Lipinski definition) is 4. The van der Waals surface area contributed by atoms with E-state index in [1.807, 2.05) is 0 Å². The minimum absolute atomic E-state index is 0. The topological polar surface area (TPSA) is 155 Å². The van der Waals surface area contributed by atoms with Crippen LogP contribution in [-0.2, 0) is 30.1 Å². The third-order valence-corrected chi connectivity index (χ3v) is 1.16. The Balaban J connectivity index is -0.0000000454. The Morgan fingerprint density at radius 3 is 1.12 bits per heavy atom. The van der Waals surface area contributed by atoms with Gasteiger partial charge in [-0.05, 0) is 25.9 Å². The summed E-state index contributed by atoms with van der Waals surface area (Å²) in [6.45, 7) is 1.65. The quantitative estimate of drug-likeness (QED) is 0.346. The van der Waals surface area contributed by atoms with Gasteiger partial charge in [-0.2, -0.15) is 0 Å². The SMILES string of the molecule is NCCCCCCN.O.O.OS(O)(=S)=S.[NaH]. The third kappa shape index (κ3) is 76.7. The van der Waals surface area contributed by atoms with Crippen molar-refractivity contribution in [1.29, 1.82) is 0 Å². The van der Waals surface area contributed by atoms with Crippen LogP contribution in [0.1, 0.15) is 25.7 Å². The zero-order valence-corrected chi connectivity index (χ0v) is 11.0. The number of hydrogen-bond donors (Lipinski definition) is 4. The second kappa shape index (κ2) is 21.8. The molecule has 0 aromatic heterocycles. The molecule has 0 aromatic rings. The number of nitrogens with two attached hydrogens (primary N) is 2. The van der Waals surface area contributed by atoms with E-state index in [4.69, 9.17) is 20.6 Å². The van der Waals surface area contributed by atoms with Crippen molar-refractivity contribution in [2.24, 2.45) is 11.5 Å². The van der Waals surface area contributed by atoms with Gasteiger partial charge in [0.1, 0.15) is 7.71 Å². The summed E-state index contributed by atoms with van der Waals surface area (Å²) in [5.41, 5.74) is 10.6. The van der Waals surface area contributed by atoms with Crippen LogP contribution >= 0.6 is 0 Å². The Hall–Kier alpha value is 1.55. The molecule has 0 rings (SSSR count). The fraction of sp³-hybridized carbons (Fsp3) is 1.00. The number of unbranched alkanes of at least 4 members (excludes halogenated alkanes) is 3. The van der Waals surface area contributed by atoms with Crippen molar-refractivity contribution >= 4 is 59.6 Å². The van der Waals surface area contributed by atoms with Gasteiger partial charge in [-0.3, -0.25) is 0 Å². The van der Waals surface area contributed by atoms with Crippen molar-refractivity contribution in [3.8, 4) is 0 Å². The van der Waals surface area contributed by atoms with Gasteiger partial charge in [0.15, 0.2) is 0 Å². The van der Waals surface area contributed by atoms with Gasteiger partial charge in [0.2, 0.25) is 0 Å². The number of rotatable bonds is 5. The van der Waals surface area contributed by atoms with E-state index in [9.17, 15) is 0 Å². The summed E-state index contributed by atoms with van der Waals surface area (Å²) >= 11 is 7.67. The van der Waals surface area contributed by atoms with E-state index in [-0.39, 0.29) is 40.5 Å². The van der Waals surface area contributed by atoms with E-state index in [1.165, 1.54) is 12.8 Å². The van der Waals surface area contributed by atoms with Gasteiger partial charge in [0.05, 0.1) is 0 Å². The van der Waals surface area contributed by atoms with Crippen LogP contribution in [0.3, 0.4) is 0 Å². The molecule has 0 saturated heterocycles. The van der Waals surface area contributed by atoms with Gasteiger partial charge in [-0.25, -0.2) is 0 Å². The first-order valence-corrected chi connectivity index (χ1v) is 7.41. The zero-order valence-electron chi connectivity index (χ0n) is 8.52. The summed E-state index contributed by atoms with van der Waals surface area (Å²) in [7, 11) is -3.00. The second-order valence-electron chi connectivity index (χ2n) is 2.44. The zero-order chi connectivity index (χ0) is 10.7. The van der Waals surface area contributed by atoms with Gasteiger partial charge in [0.25, 0.3) is 0 Å². The van der Waals surface area contributed by atoms with E-state index in [1.54, 1.807) is 0 Å². The standard InChI is InChI=1S/C6H16N2.Na.H2O2S3.2H2O.H/c7-5-3-1-2-4-6-8;;1-5(2,3)4;;;/h1-8H2;;(H2,1,2,3,4);2*1H2;. The molecule has 0 aliphatic heterocycles. The molecular weight excluding hydrogens is 283 g/mol. The van der Waals surface area contributed by atoms with Gasteiger partial charge in [-0.1, -0.05) is 12.8 Å². The Bertz CT molecular complexity index is 178. The first-order chi connectivity index (χ1) is 5.91. The van der Waals surface area contributed by atoms with Crippen molar-refractivity contribution in [3.63, 3.8) is 0 Å². The summed E-state index contributed by atoms with van der Waals surface area (Å²) in [5.74, 6) is 0. The van der Waals surface area contributed by atoms with Crippen molar-refractivity contribution in [2.75, 3.05) is 13.1 Å². The van der Waals surface area contributed by atoms with Crippen LogP contribution in [0.2, 0.25) is 0 Å². The summed E-state index contributed by atoms with van der Waals surface area (Å²) in [6, 6.07) is 0. The molecule has 10 heteroatoms. The van der Waals surface area contributed by atoms with Crippen molar-refractivity contribution in [3.05, 3.63) is 0 Å². The van der Waals surface area contributed by atoms with Gasteiger partial charge >= 0.3 is 29.6 Å². The molecule has 0 saturated carbocycles. The molecule has 10 N–H and O–H groups in total. The van der Waals surface area contributed by atoms with Crippen LogP contribution in [0.4, 0.5) is 0 Å². The molecule has 0 aromatic carbocycles. The molecule has 0 spiro atoms. The molecule has 0 atom stereocenters. The normalized spacial score (nSPS) is 8.50. The average molecular weight is 306 g/mol. The maximum absolute atomic E-state index is 7.79. The Labute approximate surface area is 129 Å². The van der Waals surface area contributed by atoms with Crippen LogP contribution in [0.15, 0.2) is 0 Å². The second-order valence-corrected chi connectivity index (χ2v) is 6.76. The van der Waals surface area contributed by atoms with Crippen LogP contribution in [0.5, 0.6) is 0 Å². The molecule has 0 unspecified atom stereocenters. The van der Waals surface area contributed by atoms with E-state index in [0.717, 1.165) is 25.9 Å². The van der Waals surface area contributed by atoms with Crippen molar-refractivity contribution < 1.29 is 20.1 Å². The molecule has 0 radical (unpaired) electrons. The molecular formula is C6H23N2NaO4S3. The predicted molar refractivity (Wildman–Crippen MR) is 78.3 cm³/mol. The van der Waals surface area contributed by atoms with E-state index in [2.05, 4.69) is 22.4 Å². The summed E-state index contributed by atoms with van der Waals surface area (Å²) in [5, 5.41) is 0. The van der Waals surface area contributed by atoms with Crippen LogP contribution in [0, 0.1) is 0 Å². The Morgan fingerprint density at radius 1 is 0.812 bits per heavy atom. The molecule has 0 heterocycles. The molecule has 100 valence electrons. The summed E-state index contributed by atoms with van der Waals surface area (Å²) < 4.78 is 15.6. The van der Waals surface area contributed by atoms with Gasteiger partial charge in [0, 0.05) is 22.4 Å². The first-order valence-electron chi connectivity index (χ1n) is 4.01. The molecule has 0 fully saturated rings. The molecule has 16 heavy (non-hydrogen) atoms. The Morgan fingerprint density at radius 2 is 1.00 bits per heavy atom. The van der Waals surface area contributed by atoms with E-state index < -0.39 is 7.71 Å². The van der Waals surface area contributed by atoms with Gasteiger partial charge < -0.3 is 31.5 Å². The van der Waals surface area contributed by atoms with Crippen molar-refractivity contribution in [1.82, 2.24) is 0 Å². The van der Waals surface area contributed by atoms with E-state index in [0.29, 0.717) is 0 Å². The fourth-order valence-corrected chi connectivity index (χ4v) is 0.642. The molecule has 0 aliphatic rings. The van der Waals surface area contributed by atoms with Crippen molar-refractivity contribution in [2.45, 2.75) is 25.7 Å². The molecule has 0 bridgehead atoms.